The van der Waals surface area contributed by atoms with E-state index in [2.05, 4.69) is 47.6 Å². The summed E-state index contributed by atoms with van der Waals surface area (Å²) < 4.78 is 4.82. The molecule has 0 aliphatic heterocycles. The Morgan fingerprint density at radius 2 is 1.78 bits per heavy atom. The Labute approximate surface area is 209 Å². The van der Waals surface area contributed by atoms with Crippen LogP contribution in [-0.2, 0) is 16.0 Å². The van der Waals surface area contributed by atoms with Crippen molar-refractivity contribution in [2.45, 2.75) is 26.2 Å². The minimum atomic E-state index is -0.479. The molecule has 5 rings (SSSR count). The van der Waals surface area contributed by atoms with Gasteiger partial charge in [-0.25, -0.2) is 9.78 Å². The number of carbonyl (C=O) groups excluding carboxylic acids is 2. The van der Waals surface area contributed by atoms with E-state index in [0.29, 0.717) is 30.5 Å². The van der Waals surface area contributed by atoms with Crippen LogP contribution in [0.5, 0.6) is 0 Å². The molecule has 0 radical (unpaired) electrons. The number of hydrogen-bond donors (Lipinski definition) is 2. The maximum atomic E-state index is 12.7. The third-order valence-electron chi connectivity index (χ3n) is 6.35. The van der Waals surface area contributed by atoms with Crippen molar-refractivity contribution in [2.24, 2.45) is 0 Å². The number of anilines is 1. The fourth-order valence-corrected chi connectivity index (χ4v) is 4.56. The van der Waals surface area contributed by atoms with Crippen LogP contribution in [0.3, 0.4) is 0 Å². The molecule has 36 heavy (non-hydrogen) atoms. The van der Waals surface area contributed by atoms with Gasteiger partial charge in [-0.1, -0.05) is 48.0 Å². The highest BCUT2D eigenvalue weighted by Gasteiger charge is 2.17. The van der Waals surface area contributed by atoms with Crippen molar-refractivity contribution >= 4 is 39.4 Å². The number of esters is 1. The molecule has 180 valence electrons. The number of fused-ring (bicyclic) bond motifs is 2. The van der Waals surface area contributed by atoms with E-state index < -0.39 is 5.97 Å². The molecule has 0 saturated heterocycles. The standard InChI is InChI=1S/C30H27N3O3/c1-19-14-16-26-23(18-19)21(29(33-26)27-17-15-20-8-3-5-11-24(20)31-27)10-7-13-28(34)32-25-12-6-4-9-22(25)30(35)36-2/h3-6,8-9,11-12,14-18,33H,7,10,13H2,1-2H3,(H,32,34). The van der Waals surface area contributed by atoms with Gasteiger partial charge in [0.15, 0.2) is 0 Å². The van der Waals surface area contributed by atoms with Gasteiger partial charge in [-0.3, -0.25) is 4.79 Å². The monoisotopic (exact) mass is 477 g/mol. The number of hydrogen-bond acceptors (Lipinski definition) is 4. The van der Waals surface area contributed by atoms with Crippen molar-refractivity contribution in [2.75, 3.05) is 12.4 Å². The highest BCUT2D eigenvalue weighted by molar-refractivity contribution is 6.01. The van der Waals surface area contributed by atoms with E-state index in [-0.39, 0.29) is 5.91 Å². The van der Waals surface area contributed by atoms with Crippen LogP contribution in [0.4, 0.5) is 5.69 Å². The first kappa shape index (κ1) is 23.3. The number of pyridine rings is 1. The SMILES string of the molecule is COC(=O)c1ccccc1NC(=O)CCCc1c(-c2ccc3ccccc3n2)[nH]c2ccc(C)cc12. The Morgan fingerprint density at radius 3 is 2.64 bits per heavy atom. The minimum absolute atomic E-state index is 0.146. The predicted octanol–water partition coefficient (Wildman–Crippen LogP) is 6.44. The van der Waals surface area contributed by atoms with Crippen LogP contribution >= 0.6 is 0 Å². The number of nitrogens with one attached hydrogen (secondary N) is 2. The Balaban J connectivity index is 1.39. The summed E-state index contributed by atoms with van der Waals surface area (Å²) in [5.41, 5.74) is 6.99. The molecule has 0 unspecified atom stereocenters. The van der Waals surface area contributed by atoms with Gasteiger partial charge in [0.05, 0.1) is 35.3 Å². The van der Waals surface area contributed by atoms with Crippen molar-refractivity contribution < 1.29 is 14.3 Å². The molecule has 0 aliphatic carbocycles. The summed E-state index contributed by atoms with van der Waals surface area (Å²) >= 11 is 0. The van der Waals surface area contributed by atoms with Crippen molar-refractivity contribution in [1.29, 1.82) is 0 Å². The highest BCUT2D eigenvalue weighted by atomic mass is 16.5. The number of methoxy groups -OCH3 is 1. The second-order valence-corrected chi connectivity index (χ2v) is 8.86. The maximum absolute atomic E-state index is 12.7. The van der Waals surface area contributed by atoms with Crippen molar-refractivity contribution in [3.05, 3.63) is 95.6 Å². The molecule has 2 heterocycles. The molecule has 0 bridgehead atoms. The summed E-state index contributed by atoms with van der Waals surface area (Å²) in [4.78, 5) is 33.2. The molecule has 2 N–H and O–H groups in total. The molecular weight excluding hydrogens is 450 g/mol. The van der Waals surface area contributed by atoms with E-state index >= 15 is 0 Å². The first-order chi connectivity index (χ1) is 17.5. The molecule has 0 aliphatic rings. The molecule has 1 amide bonds. The zero-order chi connectivity index (χ0) is 25.1. The highest BCUT2D eigenvalue weighted by Crippen LogP contribution is 2.32. The predicted molar refractivity (Wildman–Crippen MR) is 143 cm³/mol. The van der Waals surface area contributed by atoms with E-state index in [4.69, 9.17) is 9.72 Å². The summed E-state index contributed by atoms with van der Waals surface area (Å²) in [5, 5.41) is 5.10. The van der Waals surface area contributed by atoms with Crippen LogP contribution in [0, 0.1) is 6.92 Å². The lowest BCUT2D eigenvalue weighted by atomic mass is 10.0. The molecule has 6 heteroatoms. The van der Waals surface area contributed by atoms with Crippen molar-refractivity contribution in [1.82, 2.24) is 9.97 Å². The number of amides is 1. The summed E-state index contributed by atoms with van der Waals surface area (Å²) in [6, 6.07) is 25.4. The molecule has 5 aromatic rings. The average Bonchev–Trinajstić information content (AvgIpc) is 3.25. The first-order valence-corrected chi connectivity index (χ1v) is 12.0. The van der Waals surface area contributed by atoms with Crippen LogP contribution in [0.2, 0.25) is 0 Å². The fourth-order valence-electron chi connectivity index (χ4n) is 4.56. The van der Waals surface area contributed by atoms with Crippen LogP contribution in [0.1, 0.15) is 34.3 Å². The fraction of sp³-hybridized carbons (Fsp3) is 0.167. The zero-order valence-electron chi connectivity index (χ0n) is 20.3. The van der Waals surface area contributed by atoms with Gasteiger partial charge >= 0.3 is 5.97 Å². The van der Waals surface area contributed by atoms with E-state index in [1.54, 1.807) is 24.3 Å². The number of benzene rings is 3. The van der Waals surface area contributed by atoms with Crippen LogP contribution < -0.4 is 5.32 Å². The first-order valence-electron chi connectivity index (χ1n) is 12.0. The third kappa shape index (κ3) is 4.70. The lowest BCUT2D eigenvalue weighted by Crippen LogP contribution is -2.15. The molecular formula is C30H27N3O3. The van der Waals surface area contributed by atoms with Gasteiger partial charge in [0.2, 0.25) is 5.91 Å². The number of ether oxygens (including phenoxy) is 1. The summed E-state index contributed by atoms with van der Waals surface area (Å²) in [6.45, 7) is 2.08. The molecule has 0 fully saturated rings. The van der Waals surface area contributed by atoms with Gasteiger partial charge in [0.1, 0.15) is 0 Å². The Bertz CT molecular complexity index is 1590. The normalized spacial score (nSPS) is 11.1. The van der Waals surface area contributed by atoms with Crippen LogP contribution in [0.15, 0.2) is 78.9 Å². The third-order valence-corrected chi connectivity index (χ3v) is 6.35. The maximum Gasteiger partial charge on any atom is 0.339 e. The second kappa shape index (κ2) is 10.0. The van der Waals surface area contributed by atoms with Crippen molar-refractivity contribution in [3.63, 3.8) is 0 Å². The number of aromatic amines is 1. The molecule has 6 nitrogen and oxygen atoms in total. The summed E-state index contributed by atoms with van der Waals surface area (Å²) in [7, 11) is 1.33. The number of carbonyl (C=O) groups is 2. The topological polar surface area (TPSA) is 84.1 Å². The largest absolute Gasteiger partial charge is 0.465 e. The van der Waals surface area contributed by atoms with Gasteiger partial charge in [-0.05, 0) is 61.7 Å². The smallest absolute Gasteiger partial charge is 0.339 e. The van der Waals surface area contributed by atoms with E-state index in [0.717, 1.165) is 38.8 Å². The molecule has 0 atom stereocenters. The van der Waals surface area contributed by atoms with Gasteiger partial charge in [0.25, 0.3) is 0 Å². The lowest BCUT2D eigenvalue weighted by molar-refractivity contribution is -0.116. The Kier molecular flexibility index (Phi) is 6.50. The quantitative estimate of drug-likeness (QED) is 0.264. The number of aromatic nitrogens is 2. The van der Waals surface area contributed by atoms with Gasteiger partial charge in [-0.15, -0.1) is 0 Å². The van der Waals surface area contributed by atoms with Crippen LogP contribution in [-0.4, -0.2) is 29.0 Å². The van der Waals surface area contributed by atoms with E-state index in [1.165, 1.54) is 12.7 Å². The molecule has 0 spiro atoms. The second-order valence-electron chi connectivity index (χ2n) is 8.86. The molecule has 3 aromatic carbocycles. The number of rotatable bonds is 7. The van der Waals surface area contributed by atoms with E-state index in [9.17, 15) is 9.59 Å². The lowest BCUT2D eigenvalue weighted by Gasteiger charge is -2.10. The van der Waals surface area contributed by atoms with Crippen LogP contribution in [0.25, 0.3) is 33.2 Å². The Hall–Kier alpha value is -4.45. The molecule has 2 aromatic heterocycles. The zero-order valence-corrected chi connectivity index (χ0v) is 20.3. The van der Waals surface area contributed by atoms with Gasteiger partial charge < -0.3 is 15.0 Å². The minimum Gasteiger partial charge on any atom is -0.465 e. The van der Waals surface area contributed by atoms with E-state index in [1.807, 2.05) is 24.3 Å². The Morgan fingerprint density at radius 1 is 0.972 bits per heavy atom. The van der Waals surface area contributed by atoms with Crippen molar-refractivity contribution in [3.8, 4) is 11.4 Å². The van der Waals surface area contributed by atoms with Gasteiger partial charge in [0, 0.05) is 22.7 Å². The van der Waals surface area contributed by atoms with Gasteiger partial charge in [-0.2, -0.15) is 0 Å². The summed E-state index contributed by atoms with van der Waals surface area (Å²) in [6.07, 6.45) is 1.67. The summed E-state index contributed by atoms with van der Waals surface area (Å²) in [5.74, 6) is -0.625. The number of nitrogens with zero attached hydrogens (tertiary/aromatic N) is 1. The molecule has 0 saturated carbocycles. The number of H-pyrrole nitrogens is 1. The number of aryl methyl sites for hydroxylation is 2. The number of para-hydroxylation sites is 2. The average molecular weight is 478 g/mol.